The van der Waals surface area contributed by atoms with Gasteiger partial charge in [-0.1, -0.05) is 6.42 Å². The molecule has 4 rings (SSSR count). The molecular formula is C20H29N3O6S2. The van der Waals surface area contributed by atoms with Crippen molar-refractivity contribution < 1.29 is 26.4 Å². The highest BCUT2D eigenvalue weighted by Crippen LogP contribution is 2.28. The maximum atomic E-state index is 13.2. The van der Waals surface area contributed by atoms with Crippen molar-refractivity contribution >= 4 is 31.5 Å². The molecule has 172 valence electrons. The van der Waals surface area contributed by atoms with Crippen molar-refractivity contribution in [1.29, 1.82) is 0 Å². The summed E-state index contributed by atoms with van der Waals surface area (Å²) >= 11 is 0. The quantitative estimate of drug-likeness (QED) is 0.670. The summed E-state index contributed by atoms with van der Waals surface area (Å²) in [7, 11) is -6.84. The van der Waals surface area contributed by atoms with Crippen LogP contribution in [0.2, 0.25) is 0 Å². The molecule has 0 bridgehead atoms. The van der Waals surface area contributed by atoms with Gasteiger partial charge in [0.15, 0.2) is 9.84 Å². The number of carbonyl (C=O) groups is 1. The van der Waals surface area contributed by atoms with E-state index in [-0.39, 0.29) is 22.0 Å². The number of hydrogen-bond donors (Lipinski definition) is 1. The van der Waals surface area contributed by atoms with Crippen LogP contribution >= 0.6 is 0 Å². The molecule has 1 amide bonds. The molecule has 0 saturated carbocycles. The number of benzene rings is 1. The summed E-state index contributed by atoms with van der Waals surface area (Å²) in [5, 5.41) is 2.80. The number of nitrogens with one attached hydrogen (secondary N) is 1. The first-order valence-corrected chi connectivity index (χ1v) is 14.0. The van der Waals surface area contributed by atoms with Crippen LogP contribution in [0.1, 0.15) is 36.0 Å². The predicted molar refractivity (Wildman–Crippen MR) is 117 cm³/mol. The van der Waals surface area contributed by atoms with E-state index in [0.717, 1.165) is 19.3 Å². The van der Waals surface area contributed by atoms with Crippen LogP contribution in [0.4, 0.5) is 5.69 Å². The van der Waals surface area contributed by atoms with Gasteiger partial charge < -0.3 is 15.0 Å². The zero-order chi connectivity index (χ0) is 22.1. The van der Waals surface area contributed by atoms with Gasteiger partial charge >= 0.3 is 0 Å². The summed E-state index contributed by atoms with van der Waals surface area (Å²) in [5.74, 6) is -0.478. The van der Waals surface area contributed by atoms with E-state index in [4.69, 9.17) is 4.74 Å². The second-order valence-corrected chi connectivity index (χ2v) is 12.5. The van der Waals surface area contributed by atoms with Crippen molar-refractivity contribution in [2.24, 2.45) is 0 Å². The number of rotatable bonds is 5. The highest BCUT2D eigenvalue weighted by molar-refractivity contribution is 7.91. The van der Waals surface area contributed by atoms with E-state index < -0.39 is 31.8 Å². The number of hydrogen-bond acceptors (Lipinski definition) is 7. The normalized spacial score (nSPS) is 24.8. The Hall–Kier alpha value is -1.69. The maximum Gasteiger partial charge on any atom is 0.253 e. The van der Waals surface area contributed by atoms with Crippen LogP contribution in [-0.2, 0) is 24.6 Å². The number of anilines is 1. The lowest BCUT2D eigenvalue weighted by atomic mass is 10.1. The number of nitrogens with zero attached hydrogens (tertiary/aromatic N) is 2. The highest BCUT2D eigenvalue weighted by Gasteiger charge is 2.32. The largest absolute Gasteiger partial charge is 0.378 e. The molecule has 1 unspecified atom stereocenters. The Labute approximate surface area is 183 Å². The lowest BCUT2D eigenvalue weighted by Crippen LogP contribution is -2.40. The topological polar surface area (TPSA) is 113 Å². The summed E-state index contributed by atoms with van der Waals surface area (Å²) in [6.45, 7) is 3.20. The van der Waals surface area contributed by atoms with Crippen LogP contribution in [0.25, 0.3) is 0 Å². The van der Waals surface area contributed by atoms with E-state index in [1.54, 1.807) is 12.1 Å². The number of ether oxygens (including phenoxy) is 1. The number of morpholine rings is 1. The minimum Gasteiger partial charge on any atom is -0.378 e. The molecule has 1 atom stereocenters. The summed E-state index contributed by atoms with van der Waals surface area (Å²) in [4.78, 5) is 15.3. The van der Waals surface area contributed by atoms with Crippen LogP contribution in [0, 0.1) is 0 Å². The van der Waals surface area contributed by atoms with Crippen LogP contribution in [0.3, 0.4) is 0 Å². The van der Waals surface area contributed by atoms with Gasteiger partial charge in [0, 0.05) is 37.9 Å². The Morgan fingerprint density at radius 2 is 1.77 bits per heavy atom. The standard InChI is InChI=1S/C20H29N3O6S2/c24-20(21-16-6-13-30(25,26)15-16)18-14-17(31(27,28)23-7-2-1-3-8-23)4-5-19(18)22-9-11-29-12-10-22/h4-5,14,16H,1-3,6-13,15H2,(H,21,24). The van der Waals surface area contributed by atoms with Crippen LogP contribution in [0.5, 0.6) is 0 Å². The van der Waals surface area contributed by atoms with E-state index in [1.165, 1.54) is 10.4 Å². The number of piperidine rings is 1. The fraction of sp³-hybridized carbons (Fsp3) is 0.650. The third-order valence-corrected chi connectivity index (χ3v) is 9.75. The molecule has 0 radical (unpaired) electrons. The second kappa shape index (κ2) is 9.05. The molecule has 3 fully saturated rings. The number of sulfone groups is 1. The first-order chi connectivity index (χ1) is 14.8. The molecule has 3 heterocycles. The van der Waals surface area contributed by atoms with Gasteiger partial charge in [0.05, 0.1) is 35.2 Å². The average Bonchev–Trinajstić information content (AvgIpc) is 3.12. The van der Waals surface area contributed by atoms with Crippen molar-refractivity contribution in [3.8, 4) is 0 Å². The third kappa shape index (κ3) is 5.05. The number of carbonyl (C=O) groups excluding carboxylic acids is 1. The molecule has 1 N–H and O–H groups in total. The van der Waals surface area contributed by atoms with Gasteiger partial charge in [-0.25, -0.2) is 16.8 Å². The Kier molecular flexibility index (Phi) is 6.57. The van der Waals surface area contributed by atoms with Crippen molar-refractivity contribution in [3.05, 3.63) is 23.8 Å². The second-order valence-electron chi connectivity index (χ2n) is 8.32. The van der Waals surface area contributed by atoms with E-state index in [2.05, 4.69) is 5.32 Å². The zero-order valence-corrected chi connectivity index (χ0v) is 19.1. The minimum absolute atomic E-state index is 0.0532. The molecule has 9 nitrogen and oxygen atoms in total. The molecule has 3 aliphatic heterocycles. The van der Waals surface area contributed by atoms with Gasteiger partial charge in [-0.2, -0.15) is 4.31 Å². The van der Waals surface area contributed by atoms with Gasteiger partial charge in [0.2, 0.25) is 10.0 Å². The monoisotopic (exact) mass is 471 g/mol. The molecule has 0 aliphatic carbocycles. The summed E-state index contributed by atoms with van der Waals surface area (Å²) in [6, 6.07) is 4.22. The Morgan fingerprint density at radius 3 is 2.42 bits per heavy atom. The van der Waals surface area contributed by atoms with Gasteiger partial charge in [-0.05, 0) is 37.5 Å². The SMILES string of the molecule is O=C(NC1CCS(=O)(=O)C1)c1cc(S(=O)(=O)N2CCCCC2)ccc1N1CCOCC1. The van der Waals surface area contributed by atoms with Gasteiger partial charge in [0.25, 0.3) is 5.91 Å². The smallest absolute Gasteiger partial charge is 0.253 e. The predicted octanol–water partition coefficient (Wildman–Crippen LogP) is 0.615. The summed E-state index contributed by atoms with van der Waals surface area (Å²) < 4.78 is 56.7. The van der Waals surface area contributed by atoms with E-state index in [9.17, 15) is 21.6 Å². The highest BCUT2D eigenvalue weighted by atomic mass is 32.2. The number of amides is 1. The summed E-state index contributed by atoms with van der Waals surface area (Å²) in [5.41, 5.74) is 0.892. The Morgan fingerprint density at radius 1 is 1.06 bits per heavy atom. The Bertz CT molecular complexity index is 1030. The van der Waals surface area contributed by atoms with E-state index >= 15 is 0 Å². The molecule has 3 saturated heterocycles. The molecule has 31 heavy (non-hydrogen) atoms. The van der Waals surface area contributed by atoms with Crippen molar-refractivity contribution in [3.63, 3.8) is 0 Å². The van der Waals surface area contributed by atoms with Crippen molar-refractivity contribution in [2.75, 3.05) is 55.8 Å². The lowest BCUT2D eigenvalue weighted by molar-refractivity contribution is 0.0939. The first-order valence-electron chi connectivity index (χ1n) is 10.7. The third-order valence-electron chi connectivity index (χ3n) is 6.08. The lowest BCUT2D eigenvalue weighted by Gasteiger charge is -2.31. The van der Waals surface area contributed by atoms with Gasteiger partial charge in [-0.15, -0.1) is 0 Å². The molecule has 1 aromatic rings. The first kappa shape index (κ1) is 22.5. The fourth-order valence-electron chi connectivity index (χ4n) is 4.36. The fourth-order valence-corrected chi connectivity index (χ4v) is 7.58. The van der Waals surface area contributed by atoms with Gasteiger partial charge in [-0.3, -0.25) is 4.79 Å². The van der Waals surface area contributed by atoms with Crippen molar-refractivity contribution in [1.82, 2.24) is 9.62 Å². The summed E-state index contributed by atoms with van der Waals surface area (Å²) in [6.07, 6.45) is 3.04. The average molecular weight is 472 g/mol. The number of sulfonamides is 1. The Balaban J connectivity index is 1.65. The van der Waals surface area contributed by atoms with Crippen LogP contribution in [-0.4, -0.2) is 84.0 Å². The van der Waals surface area contributed by atoms with Gasteiger partial charge in [0.1, 0.15) is 0 Å². The molecule has 1 aromatic carbocycles. The van der Waals surface area contributed by atoms with Crippen LogP contribution in [0.15, 0.2) is 23.1 Å². The molecule has 0 aromatic heterocycles. The maximum absolute atomic E-state index is 13.2. The molecule has 11 heteroatoms. The van der Waals surface area contributed by atoms with Crippen molar-refractivity contribution in [2.45, 2.75) is 36.6 Å². The zero-order valence-electron chi connectivity index (χ0n) is 17.5. The van der Waals surface area contributed by atoms with E-state index in [0.29, 0.717) is 51.5 Å². The molecular weight excluding hydrogens is 442 g/mol. The molecule has 3 aliphatic rings. The minimum atomic E-state index is -3.70. The van der Waals surface area contributed by atoms with Crippen LogP contribution < -0.4 is 10.2 Å². The van der Waals surface area contributed by atoms with E-state index in [1.807, 2.05) is 4.90 Å². The molecule has 0 spiro atoms.